The molecule has 0 unspecified atom stereocenters. The van der Waals surface area contributed by atoms with Crippen LogP contribution in [0.4, 0.5) is 0 Å². The number of likely N-dealkylation sites (tertiary alicyclic amines) is 1. The van der Waals surface area contributed by atoms with Gasteiger partial charge in [0, 0.05) is 20.1 Å². The zero-order chi connectivity index (χ0) is 18.6. The molecule has 0 radical (unpaired) electrons. The van der Waals surface area contributed by atoms with E-state index in [2.05, 4.69) is 65.6 Å². The van der Waals surface area contributed by atoms with Gasteiger partial charge in [-0.05, 0) is 16.7 Å². The molecule has 136 valence electrons. The second kappa shape index (κ2) is 7.77. The topological polar surface area (TPSA) is 23.6 Å². The van der Waals surface area contributed by atoms with Crippen LogP contribution in [0.3, 0.4) is 0 Å². The number of hydrogen-bond donors (Lipinski definition) is 0. The average molecular weight is 356 g/mol. The van der Waals surface area contributed by atoms with Gasteiger partial charge in [0.2, 0.25) is 5.91 Å². The molecule has 4 rings (SSSR count). The van der Waals surface area contributed by atoms with Crippen molar-refractivity contribution in [1.82, 2.24) is 9.80 Å². The van der Waals surface area contributed by atoms with Gasteiger partial charge in [-0.15, -0.1) is 0 Å². The molecule has 3 aromatic carbocycles. The second-order valence-corrected chi connectivity index (χ2v) is 7.13. The fourth-order valence-electron chi connectivity index (χ4n) is 3.91. The molecule has 1 amide bonds. The van der Waals surface area contributed by atoms with E-state index in [9.17, 15) is 4.79 Å². The number of benzene rings is 3. The summed E-state index contributed by atoms with van der Waals surface area (Å²) in [5.74, 6) is 0.190. The Morgan fingerprint density at radius 3 is 1.67 bits per heavy atom. The van der Waals surface area contributed by atoms with Gasteiger partial charge in [0.15, 0.2) is 0 Å². The SMILES string of the molecule is CN1C(=O)[C@@H](N(Cc2ccccc2)Cc2ccccc2)[C@@H]1c1ccccc1. The number of β-lactam (4-membered cyclic amide) rings is 1. The smallest absolute Gasteiger partial charge is 0.242 e. The third-order valence-corrected chi connectivity index (χ3v) is 5.31. The van der Waals surface area contributed by atoms with E-state index in [4.69, 9.17) is 0 Å². The number of amides is 1. The minimum atomic E-state index is -0.141. The summed E-state index contributed by atoms with van der Waals surface area (Å²) in [6, 6.07) is 31.1. The molecule has 0 N–H and O–H groups in total. The zero-order valence-electron chi connectivity index (χ0n) is 15.5. The van der Waals surface area contributed by atoms with Crippen LogP contribution >= 0.6 is 0 Å². The van der Waals surface area contributed by atoms with Crippen molar-refractivity contribution in [1.29, 1.82) is 0 Å². The molecule has 0 saturated carbocycles. The molecule has 0 spiro atoms. The summed E-state index contributed by atoms with van der Waals surface area (Å²) in [6.07, 6.45) is 0. The van der Waals surface area contributed by atoms with Crippen molar-refractivity contribution in [2.45, 2.75) is 25.2 Å². The summed E-state index contributed by atoms with van der Waals surface area (Å²) < 4.78 is 0. The zero-order valence-corrected chi connectivity index (χ0v) is 15.5. The number of carbonyl (C=O) groups is 1. The first kappa shape index (κ1) is 17.5. The Kier molecular flexibility index (Phi) is 5.03. The summed E-state index contributed by atoms with van der Waals surface area (Å²) in [7, 11) is 1.90. The molecular formula is C24H24N2O. The van der Waals surface area contributed by atoms with Gasteiger partial charge in [-0.25, -0.2) is 0 Å². The van der Waals surface area contributed by atoms with E-state index >= 15 is 0 Å². The maximum atomic E-state index is 12.9. The van der Waals surface area contributed by atoms with E-state index in [0.29, 0.717) is 0 Å². The molecular weight excluding hydrogens is 332 g/mol. The second-order valence-electron chi connectivity index (χ2n) is 7.13. The van der Waals surface area contributed by atoms with Gasteiger partial charge in [0.1, 0.15) is 6.04 Å². The molecule has 1 saturated heterocycles. The maximum absolute atomic E-state index is 12.9. The third kappa shape index (κ3) is 3.64. The van der Waals surface area contributed by atoms with Crippen molar-refractivity contribution >= 4 is 5.91 Å². The van der Waals surface area contributed by atoms with Gasteiger partial charge in [0.05, 0.1) is 6.04 Å². The molecule has 0 aromatic heterocycles. The van der Waals surface area contributed by atoms with Crippen LogP contribution in [0.1, 0.15) is 22.7 Å². The number of hydrogen-bond acceptors (Lipinski definition) is 2. The summed E-state index contributed by atoms with van der Waals surface area (Å²) >= 11 is 0. The molecule has 3 heteroatoms. The molecule has 2 atom stereocenters. The highest BCUT2D eigenvalue weighted by Crippen LogP contribution is 2.38. The van der Waals surface area contributed by atoms with Crippen LogP contribution in [0, 0.1) is 0 Å². The van der Waals surface area contributed by atoms with Crippen LogP contribution in [-0.2, 0) is 17.9 Å². The third-order valence-electron chi connectivity index (χ3n) is 5.31. The Morgan fingerprint density at radius 1 is 0.741 bits per heavy atom. The van der Waals surface area contributed by atoms with Crippen molar-refractivity contribution in [3.05, 3.63) is 108 Å². The van der Waals surface area contributed by atoms with E-state index in [0.717, 1.165) is 13.1 Å². The lowest BCUT2D eigenvalue weighted by Crippen LogP contribution is -2.63. The van der Waals surface area contributed by atoms with Crippen molar-refractivity contribution < 1.29 is 4.79 Å². The molecule has 3 nitrogen and oxygen atoms in total. The Bertz CT molecular complexity index is 839. The van der Waals surface area contributed by atoms with E-state index in [-0.39, 0.29) is 18.0 Å². The quantitative estimate of drug-likeness (QED) is 0.616. The molecule has 3 aromatic rings. The van der Waals surface area contributed by atoms with Gasteiger partial charge in [-0.3, -0.25) is 9.69 Å². The van der Waals surface area contributed by atoms with Crippen LogP contribution in [0.25, 0.3) is 0 Å². The standard InChI is InChI=1S/C24H24N2O/c1-25-22(21-15-9-4-10-16-21)23(24(25)27)26(17-19-11-5-2-6-12-19)18-20-13-7-3-8-14-20/h2-16,22-23H,17-18H2,1H3/t22-,23-/m0/s1. The summed E-state index contributed by atoms with van der Waals surface area (Å²) in [4.78, 5) is 17.0. The van der Waals surface area contributed by atoms with Crippen molar-refractivity contribution in [3.8, 4) is 0 Å². The Morgan fingerprint density at radius 2 is 1.19 bits per heavy atom. The average Bonchev–Trinajstić information content (AvgIpc) is 2.73. The van der Waals surface area contributed by atoms with Crippen molar-refractivity contribution in [3.63, 3.8) is 0 Å². The summed E-state index contributed by atoms with van der Waals surface area (Å²) in [5.41, 5.74) is 3.64. The van der Waals surface area contributed by atoms with E-state index in [1.807, 2.05) is 42.3 Å². The normalized spacial score (nSPS) is 19.2. The van der Waals surface area contributed by atoms with Gasteiger partial charge < -0.3 is 4.90 Å². The Balaban J connectivity index is 1.65. The van der Waals surface area contributed by atoms with E-state index < -0.39 is 0 Å². The minimum absolute atomic E-state index is 0.0890. The molecule has 0 bridgehead atoms. The number of carbonyl (C=O) groups excluding carboxylic acids is 1. The number of rotatable bonds is 6. The van der Waals surface area contributed by atoms with Crippen molar-refractivity contribution in [2.75, 3.05) is 7.05 Å². The van der Waals surface area contributed by atoms with Crippen LogP contribution in [0.5, 0.6) is 0 Å². The Hall–Kier alpha value is -2.91. The fourth-order valence-corrected chi connectivity index (χ4v) is 3.91. The van der Waals surface area contributed by atoms with E-state index in [1.165, 1.54) is 16.7 Å². The largest absolute Gasteiger partial charge is 0.335 e. The van der Waals surface area contributed by atoms with Crippen LogP contribution in [0.2, 0.25) is 0 Å². The molecule has 1 fully saturated rings. The summed E-state index contributed by atoms with van der Waals surface area (Å²) in [5, 5.41) is 0. The van der Waals surface area contributed by atoms with Gasteiger partial charge in [0.25, 0.3) is 0 Å². The highest BCUT2D eigenvalue weighted by atomic mass is 16.2. The van der Waals surface area contributed by atoms with Crippen LogP contribution < -0.4 is 0 Å². The van der Waals surface area contributed by atoms with Gasteiger partial charge in [-0.2, -0.15) is 0 Å². The predicted molar refractivity (Wildman–Crippen MR) is 108 cm³/mol. The lowest BCUT2D eigenvalue weighted by Gasteiger charge is -2.50. The number of nitrogens with zero attached hydrogens (tertiary/aromatic N) is 2. The first-order valence-corrected chi connectivity index (χ1v) is 9.37. The van der Waals surface area contributed by atoms with Crippen LogP contribution in [-0.4, -0.2) is 28.8 Å². The van der Waals surface area contributed by atoms with Crippen LogP contribution in [0.15, 0.2) is 91.0 Å². The summed E-state index contributed by atoms with van der Waals surface area (Å²) in [6.45, 7) is 1.51. The molecule has 1 aliphatic rings. The highest BCUT2D eigenvalue weighted by Gasteiger charge is 2.48. The molecule has 1 aliphatic heterocycles. The predicted octanol–water partition coefficient (Wildman–Crippen LogP) is 4.27. The molecule has 1 heterocycles. The lowest BCUT2D eigenvalue weighted by molar-refractivity contribution is -0.158. The first-order chi connectivity index (χ1) is 13.2. The lowest BCUT2D eigenvalue weighted by atomic mass is 9.87. The van der Waals surface area contributed by atoms with Crippen molar-refractivity contribution in [2.24, 2.45) is 0 Å². The number of likely N-dealkylation sites (N-methyl/N-ethyl adjacent to an activating group) is 1. The maximum Gasteiger partial charge on any atom is 0.242 e. The van der Waals surface area contributed by atoms with Gasteiger partial charge in [-0.1, -0.05) is 91.0 Å². The Labute approximate surface area is 160 Å². The van der Waals surface area contributed by atoms with Gasteiger partial charge >= 0.3 is 0 Å². The molecule has 0 aliphatic carbocycles. The monoisotopic (exact) mass is 356 g/mol. The first-order valence-electron chi connectivity index (χ1n) is 9.37. The van der Waals surface area contributed by atoms with E-state index in [1.54, 1.807) is 0 Å². The fraction of sp³-hybridized carbons (Fsp3) is 0.208. The highest BCUT2D eigenvalue weighted by molar-refractivity contribution is 5.89. The minimum Gasteiger partial charge on any atom is -0.335 e. The molecule has 27 heavy (non-hydrogen) atoms.